The van der Waals surface area contributed by atoms with Crippen LogP contribution in [0.3, 0.4) is 0 Å². The average molecular weight is 445 g/mol. The normalized spacial score (nSPS) is 17.7. The summed E-state index contributed by atoms with van der Waals surface area (Å²) < 4.78 is 45.8. The van der Waals surface area contributed by atoms with Crippen LogP contribution in [0, 0.1) is 18.6 Å². The molecule has 0 radical (unpaired) electrons. The van der Waals surface area contributed by atoms with E-state index < -0.39 is 47.9 Å². The fourth-order valence-electron chi connectivity index (χ4n) is 3.33. The quantitative estimate of drug-likeness (QED) is 0.560. The molecule has 32 heavy (non-hydrogen) atoms. The first-order valence-electron chi connectivity index (χ1n) is 10.2. The van der Waals surface area contributed by atoms with E-state index >= 15 is 4.39 Å². The molecule has 9 heteroatoms. The lowest BCUT2D eigenvalue weighted by atomic mass is 9.76. The second-order valence-corrected chi connectivity index (χ2v) is 8.76. The zero-order valence-electron chi connectivity index (χ0n) is 18.9. The van der Waals surface area contributed by atoms with Crippen LogP contribution in [0.1, 0.15) is 51.8 Å². The number of hydrogen-bond donors (Lipinski definition) is 1. The van der Waals surface area contributed by atoms with Crippen LogP contribution in [-0.2, 0) is 23.6 Å². The topological polar surface area (TPSA) is 73.9 Å². The van der Waals surface area contributed by atoms with Gasteiger partial charge in [0, 0.05) is 12.5 Å². The second kappa shape index (κ2) is 8.63. The van der Waals surface area contributed by atoms with Gasteiger partial charge in [-0.1, -0.05) is 18.2 Å². The zero-order valence-corrected chi connectivity index (χ0v) is 18.9. The third-order valence-corrected chi connectivity index (χ3v) is 5.87. The lowest BCUT2D eigenvalue weighted by Gasteiger charge is -2.32. The highest BCUT2D eigenvalue weighted by Gasteiger charge is 2.52. The number of halogens is 2. The molecule has 2 aromatic rings. The van der Waals surface area contributed by atoms with Crippen molar-refractivity contribution in [1.82, 2.24) is 0 Å². The number of benzene rings is 2. The largest absolute Gasteiger partial charge is 0.495 e. The van der Waals surface area contributed by atoms with Crippen LogP contribution in [0.25, 0.3) is 0 Å². The number of nitrogens with one attached hydrogen (secondary N) is 1. The van der Waals surface area contributed by atoms with Crippen molar-refractivity contribution in [3.8, 4) is 0 Å². The number of carbonyl (C=O) groups excluding carboxylic acids is 2. The molecule has 0 aliphatic carbocycles. The van der Waals surface area contributed by atoms with Gasteiger partial charge >= 0.3 is 13.1 Å². The van der Waals surface area contributed by atoms with E-state index in [0.29, 0.717) is 5.46 Å². The van der Waals surface area contributed by atoms with Gasteiger partial charge in [0.25, 0.3) is 5.91 Å². The number of rotatable bonds is 5. The number of amides is 1. The molecule has 1 atom stereocenters. The van der Waals surface area contributed by atoms with E-state index in [-0.39, 0.29) is 16.8 Å². The summed E-state index contributed by atoms with van der Waals surface area (Å²) in [6.45, 7) is 10.3. The Hall–Kier alpha value is -2.78. The lowest BCUT2D eigenvalue weighted by Crippen LogP contribution is -2.41. The predicted octanol–water partition coefficient (Wildman–Crippen LogP) is 3.82. The van der Waals surface area contributed by atoms with Crippen LogP contribution in [0.5, 0.6) is 0 Å². The molecule has 0 aromatic heterocycles. The first-order chi connectivity index (χ1) is 14.8. The first-order valence-corrected chi connectivity index (χ1v) is 10.2. The molecule has 0 spiro atoms. The molecule has 170 valence electrons. The third kappa shape index (κ3) is 4.68. The van der Waals surface area contributed by atoms with E-state index in [4.69, 9.17) is 14.0 Å². The van der Waals surface area contributed by atoms with Crippen LogP contribution in [-0.4, -0.2) is 30.2 Å². The van der Waals surface area contributed by atoms with Gasteiger partial charge in [-0.3, -0.25) is 9.59 Å². The maximum absolute atomic E-state index is 15.2. The zero-order chi connectivity index (χ0) is 23.8. The van der Waals surface area contributed by atoms with E-state index in [1.807, 2.05) is 27.7 Å². The molecule has 1 fully saturated rings. The Bertz CT molecular complexity index is 1040. The monoisotopic (exact) mass is 445 g/mol. The van der Waals surface area contributed by atoms with Gasteiger partial charge in [-0.05, 0) is 63.8 Å². The van der Waals surface area contributed by atoms with Crippen LogP contribution >= 0.6 is 0 Å². The molecule has 2 aromatic carbocycles. The number of esters is 1. The van der Waals surface area contributed by atoms with Gasteiger partial charge in [0.2, 0.25) is 6.10 Å². The molecule has 1 unspecified atom stereocenters. The number of anilines is 1. The van der Waals surface area contributed by atoms with Gasteiger partial charge in [0.1, 0.15) is 11.6 Å². The Morgan fingerprint density at radius 1 is 1.06 bits per heavy atom. The third-order valence-electron chi connectivity index (χ3n) is 5.87. The molecule has 0 saturated carbocycles. The van der Waals surface area contributed by atoms with Crippen LogP contribution in [0.2, 0.25) is 0 Å². The summed E-state index contributed by atoms with van der Waals surface area (Å²) in [5.41, 5.74) is -0.410. The fourth-order valence-corrected chi connectivity index (χ4v) is 3.33. The summed E-state index contributed by atoms with van der Waals surface area (Å²) in [5.74, 6) is -2.82. The smallest absolute Gasteiger partial charge is 0.447 e. The highest BCUT2D eigenvalue weighted by atomic mass is 19.1. The standard InChI is InChI=1S/C23H26BF2NO5/c1-13-17(24-31-22(3,4)23(5,6)32-24)10-11-18(19(13)26)27-21(29)20(30-14(2)28)15-8-7-9-16(25)12-15/h7-12,20H,1-6H3,(H,27,29). The summed E-state index contributed by atoms with van der Waals surface area (Å²) in [5, 5.41) is 2.43. The van der Waals surface area contributed by atoms with E-state index in [9.17, 15) is 14.0 Å². The summed E-state index contributed by atoms with van der Waals surface area (Å²) in [6.07, 6.45) is -1.44. The summed E-state index contributed by atoms with van der Waals surface area (Å²) in [7, 11) is -0.764. The Labute approximate surface area is 186 Å². The molecule has 1 N–H and O–H groups in total. The van der Waals surface area contributed by atoms with E-state index in [0.717, 1.165) is 13.0 Å². The van der Waals surface area contributed by atoms with Gasteiger partial charge in [-0.2, -0.15) is 0 Å². The highest BCUT2D eigenvalue weighted by molar-refractivity contribution is 6.62. The van der Waals surface area contributed by atoms with Crippen molar-refractivity contribution in [3.63, 3.8) is 0 Å². The Morgan fingerprint density at radius 3 is 2.25 bits per heavy atom. The Morgan fingerprint density at radius 2 is 1.69 bits per heavy atom. The predicted molar refractivity (Wildman–Crippen MR) is 116 cm³/mol. The van der Waals surface area contributed by atoms with Gasteiger partial charge in [0.15, 0.2) is 0 Å². The maximum Gasteiger partial charge on any atom is 0.495 e. The minimum Gasteiger partial charge on any atom is -0.447 e. The molecular weight excluding hydrogens is 419 g/mol. The minimum absolute atomic E-state index is 0.110. The Kier molecular flexibility index (Phi) is 6.44. The Balaban J connectivity index is 1.86. The van der Waals surface area contributed by atoms with Crippen molar-refractivity contribution in [2.75, 3.05) is 5.32 Å². The maximum atomic E-state index is 15.2. The lowest BCUT2D eigenvalue weighted by molar-refractivity contribution is -0.152. The van der Waals surface area contributed by atoms with Crippen LogP contribution < -0.4 is 10.8 Å². The summed E-state index contributed by atoms with van der Waals surface area (Å²) >= 11 is 0. The van der Waals surface area contributed by atoms with Crippen molar-refractivity contribution in [1.29, 1.82) is 0 Å². The van der Waals surface area contributed by atoms with Crippen molar-refractivity contribution >= 4 is 30.1 Å². The molecule has 6 nitrogen and oxygen atoms in total. The molecule has 1 aliphatic rings. The van der Waals surface area contributed by atoms with E-state index in [1.54, 1.807) is 13.0 Å². The number of ether oxygens (including phenoxy) is 1. The summed E-state index contributed by atoms with van der Waals surface area (Å²) in [4.78, 5) is 24.3. The minimum atomic E-state index is -1.44. The summed E-state index contributed by atoms with van der Waals surface area (Å²) in [6, 6.07) is 8.11. The van der Waals surface area contributed by atoms with Crippen molar-refractivity contribution < 1.29 is 32.4 Å². The molecule has 3 rings (SSSR count). The van der Waals surface area contributed by atoms with Crippen molar-refractivity contribution in [2.45, 2.75) is 58.8 Å². The molecule has 1 aliphatic heterocycles. The molecule has 1 heterocycles. The van der Waals surface area contributed by atoms with Gasteiger partial charge in [-0.25, -0.2) is 8.78 Å². The van der Waals surface area contributed by atoms with Crippen molar-refractivity contribution in [3.05, 3.63) is 59.2 Å². The van der Waals surface area contributed by atoms with Gasteiger partial charge in [0.05, 0.1) is 16.9 Å². The fraction of sp³-hybridized carbons (Fsp3) is 0.391. The van der Waals surface area contributed by atoms with E-state index in [1.165, 1.54) is 24.3 Å². The highest BCUT2D eigenvalue weighted by Crippen LogP contribution is 2.37. The van der Waals surface area contributed by atoms with Gasteiger partial charge < -0.3 is 19.4 Å². The van der Waals surface area contributed by atoms with Gasteiger partial charge in [-0.15, -0.1) is 0 Å². The molecule has 0 bridgehead atoms. The average Bonchev–Trinajstić information content (AvgIpc) is 2.90. The SMILES string of the molecule is CC(=O)OC(C(=O)Nc1ccc(B2OC(C)(C)C(C)(C)O2)c(C)c1F)c1cccc(F)c1. The van der Waals surface area contributed by atoms with Crippen LogP contribution in [0.15, 0.2) is 36.4 Å². The molecular formula is C23H26BF2NO5. The number of carbonyl (C=O) groups is 2. The van der Waals surface area contributed by atoms with Crippen molar-refractivity contribution in [2.24, 2.45) is 0 Å². The van der Waals surface area contributed by atoms with Crippen LogP contribution in [0.4, 0.5) is 14.5 Å². The second-order valence-electron chi connectivity index (χ2n) is 8.76. The number of hydrogen-bond acceptors (Lipinski definition) is 5. The first kappa shape index (κ1) is 23.9. The molecule has 1 saturated heterocycles. The molecule has 1 amide bonds. The van der Waals surface area contributed by atoms with E-state index in [2.05, 4.69) is 5.32 Å².